The summed E-state index contributed by atoms with van der Waals surface area (Å²) in [6.45, 7) is 4.97. The van der Waals surface area contributed by atoms with Gasteiger partial charge in [0, 0.05) is 25.1 Å². The Kier molecular flexibility index (Phi) is 5.64. The number of aryl methyl sites for hydroxylation is 3. The van der Waals surface area contributed by atoms with Crippen molar-refractivity contribution in [3.8, 4) is 0 Å². The molecule has 0 unspecified atom stereocenters. The van der Waals surface area contributed by atoms with E-state index in [-0.39, 0.29) is 17.3 Å². The van der Waals surface area contributed by atoms with Crippen LogP contribution in [0, 0.1) is 12.3 Å². The quantitative estimate of drug-likeness (QED) is 0.752. The molecule has 2 aliphatic rings. The van der Waals surface area contributed by atoms with E-state index in [0.29, 0.717) is 19.3 Å². The van der Waals surface area contributed by atoms with Gasteiger partial charge in [-0.2, -0.15) is 0 Å². The Bertz CT molecular complexity index is 693. The van der Waals surface area contributed by atoms with Crippen molar-refractivity contribution in [1.29, 1.82) is 0 Å². The van der Waals surface area contributed by atoms with Gasteiger partial charge < -0.3 is 4.74 Å². The first-order chi connectivity index (χ1) is 12.4. The summed E-state index contributed by atoms with van der Waals surface area (Å²) in [6.07, 6.45) is 8.30. The zero-order chi connectivity index (χ0) is 18.7. The Morgan fingerprint density at radius 2 is 2.00 bits per heavy atom. The van der Waals surface area contributed by atoms with Gasteiger partial charge in [-0.15, -0.1) is 0 Å². The van der Waals surface area contributed by atoms with Crippen LogP contribution in [-0.4, -0.2) is 30.5 Å². The van der Waals surface area contributed by atoms with Gasteiger partial charge in [0.1, 0.15) is 5.82 Å². The molecule has 1 aromatic rings. The van der Waals surface area contributed by atoms with E-state index in [0.717, 1.165) is 54.9 Å². The third-order valence-corrected chi connectivity index (χ3v) is 5.97. The van der Waals surface area contributed by atoms with Crippen LogP contribution in [0.3, 0.4) is 0 Å². The highest BCUT2D eigenvalue weighted by Crippen LogP contribution is 2.41. The highest BCUT2D eigenvalue weighted by molar-refractivity contribution is 5.94. The maximum Gasteiger partial charge on any atom is 0.305 e. The van der Waals surface area contributed by atoms with Crippen LogP contribution in [0.2, 0.25) is 0 Å². The van der Waals surface area contributed by atoms with Crippen LogP contribution in [0.5, 0.6) is 0 Å². The van der Waals surface area contributed by atoms with Gasteiger partial charge in [0.05, 0.1) is 7.11 Å². The van der Waals surface area contributed by atoms with Crippen molar-refractivity contribution >= 4 is 17.7 Å². The second-order valence-corrected chi connectivity index (χ2v) is 8.14. The topological polar surface area (TPSA) is 59.5 Å². The summed E-state index contributed by atoms with van der Waals surface area (Å²) in [5, 5.41) is 0. The third-order valence-electron chi connectivity index (χ3n) is 5.97. The van der Waals surface area contributed by atoms with Crippen molar-refractivity contribution < 1.29 is 14.3 Å². The first-order valence-electron chi connectivity index (χ1n) is 9.78. The SMILES string of the molecule is COC(=O)CCc1cc2c(nc1C)N(C(=O)CC1(C)CCCC1)CCC2. The number of ether oxygens (including phenoxy) is 1. The lowest BCUT2D eigenvalue weighted by Gasteiger charge is -2.32. The number of rotatable bonds is 5. The highest BCUT2D eigenvalue weighted by atomic mass is 16.5. The molecule has 1 fully saturated rings. The van der Waals surface area contributed by atoms with E-state index >= 15 is 0 Å². The standard InChI is InChI=1S/C21H30N2O3/c1-15-16(8-9-19(25)26-3)13-17-7-6-12-23(20(17)22-15)18(24)14-21(2)10-4-5-11-21/h13H,4-12,14H2,1-3H3. The number of fused-ring (bicyclic) bond motifs is 1. The van der Waals surface area contributed by atoms with Gasteiger partial charge >= 0.3 is 5.97 Å². The zero-order valence-corrected chi connectivity index (χ0v) is 16.3. The maximum atomic E-state index is 13.0. The number of nitrogens with zero attached hydrogens (tertiary/aromatic N) is 2. The minimum Gasteiger partial charge on any atom is -0.469 e. The van der Waals surface area contributed by atoms with Gasteiger partial charge in [-0.3, -0.25) is 14.5 Å². The molecule has 0 N–H and O–H groups in total. The van der Waals surface area contributed by atoms with Gasteiger partial charge in [0.15, 0.2) is 0 Å². The second kappa shape index (κ2) is 7.77. The number of amides is 1. The molecule has 0 bridgehead atoms. The number of anilines is 1. The number of carbonyl (C=O) groups is 2. The van der Waals surface area contributed by atoms with Crippen molar-refractivity contribution in [3.05, 3.63) is 22.9 Å². The smallest absolute Gasteiger partial charge is 0.305 e. The van der Waals surface area contributed by atoms with Crippen LogP contribution in [0.15, 0.2) is 6.07 Å². The van der Waals surface area contributed by atoms with Crippen LogP contribution in [-0.2, 0) is 27.2 Å². The zero-order valence-electron chi connectivity index (χ0n) is 16.3. The molecule has 1 amide bonds. The van der Waals surface area contributed by atoms with E-state index in [1.807, 2.05) is 11.8 Å². The maximum absolute atomic E-state index is 13.0. The number of hydrogen-bond donors (Lipinski definition) is 0. The summed E-state index contributed by atoms with van der Waals surface area (Å²) in [4.78, 5) is 31.1. The fraction of sp³-hybridized carbons (Fsp3) is 0.667. The molecule has 1 aromatic heterocycles. The Morgan fingerprint density at radius 1 is 1.27 bits per heavy atom. The summed E-state index contributed by atoms with van der Waals surface area (Å²) < 4.78 is 4.73. The number of methoxy groups -OCH3 is 1. The van der Waals surface area contributed by atoms with Crippen LogP contribution in [0.1, 0.15) is 68.7 Å². The van der Waals surface area contributed by atoms with Crippen molar-refractivity contribution in [2.75, 3.05) is 18.6 Å². The predicted octanol–water partition coefficient (Wildman–Crippen LogP) is 3.75. The molecule has 1 saturated carbocycles. The van der Waals surface area contributed by atoms with Crippen molar-refractivity contribution in [2.45, 2.75) is 71.6 Å². The first-order valence-corrected chi connectivity index (χ1v) is 9.78. The van der Waals surface area contributed by atoms with Gasteiger partial charge in [0.2, 0.25) is 5.91 Å². The van der Waals surface area contributed by atoms with E-state index in [9.17, 15) is 9.59 Å². The molecule has 2 heterocycles. The molecule has 0 atom stereocenters. The molecule has 0 radical (unpaired) electrons. The lowest BCUT2D eigenvalue weighted by Crippen LogP contribution is -2.38. The predicted molar refractivity (Wildman–Crippen MR) is 101 cm³/mol. The molecular weight excluding hydrogens is 328 g/mol. The molecule has 26 heavy (non-hydrogen) atoms. The minimum atomic E-state index is -0.205. The fourth-order valence-electron chi connectivity index (χ4n) is 4.33. The monoisotopic (exact) mass is 358 g/mol. The van der Waals surface area contributed by atoms with E-state index in [2.05, 4.69) is 13.0 Å². The van der Waals surface area contributed by atoms with E-state index < -0.39 is 0 Å². The van der Waals surface area contributed by atoms with Crippen LogP contribution >= 0.6 is 0 Å². The number of pyridine rings is 1. The van der Waals surface area contributed by atoms with Crippen LogP contribution in [0.4, 0.5) is 5.82 Å². The van der Waals surface area contributed by atoms with Crippen LogP contribution in [0.25, 0.3) is 0 Å². The van der Waals surface area contributed by atoms with Crippen molar-refractivity contribution in [1.82, 2.24) is 4.98 Å². The number of aromatic nitrogens is 1. The lowest BCUT2D eigenvalue weighted by molar-refractivity contribution is -0.140. The van der Waals surface area contributed by atoms with Crippen molar-refractivity contribution in [3.63, 3.8) is 0 Å². The normalized spacial score (nSPS) is 18.5. The van der Waals surface area contributed by atoms with Gasteiger partial charge in [-0.05, 0) is 55.6 Å². The Labute approximate surface area is 156 Å². The van der Waals surface area contributed by atoms with Crippen molar-refractivity contribution in [2.24, 2.45) is 5.41 Å². The summed E-state index contributed by atoms with van der Waals surface area (Å²) in [5.74, 6) is 0.843. The summed E-state index contributed by atoms with van der Waals surface area (Å²) in [7, 11) is 1.41. The lowest BCUT2D eigenvalue weighted by atomic mass is 9.84. The number of hydrogen-bond acceptors (Lipinski definition) is 4. The summed E-state index contributed by atoms with van der Waals surface area (Å²) in [6, 6.07) is 2.14. The average Bonchev–Trinajstić information content (AvgIpc) is 3.05. The van der Waals surface area contributed by atoms with Gasteiger partial charge in [-0.25, -0.2) is 4.98 Å². The molecule has 0 saturated heterocycles. The third kappa shape index (κ3) is 4.08. The molecule has 5 nitrogen and oxygen atoms in total. The average molecular weight is 358 g/mol. The molecule has 0 spiro atoms. The fourth-order valence-corrected chi connectivity index (χ4v) is 4.33. The molecule has 1 aliphatic carbocycles. The molecule has 142 valence electrons. The Balaban J connectivity index is 1.77. The molecule has 3 rings (SSSR count). The number of esters is 1. The van der Waals surface area contributed by atoms with E-state index in [4.69, 9.17) is 9.72 Å². The molecule has 5 heteroatoms. The molecule has 1 aliphatic heterocycles. The van der Waals surface area contributed by atoms with Gasteiger partial charge in [0.25, 0.3) is 0 Å². The Hall–Kier alpha value is -1.91. The number of carbonyl (C=O) groups excluding carboxylic acids is 2. The Morgan fingerprint density at radius 3 is 2.69 bits per heavy atom. The van der Waals surface area contributed by atoms with E-state index in [1.165, 1.54) is 20.0 Å². The molecule has 0 aromatic carbocycles. The van der Waals surface area contributed by atoms with Gasteiger partial charge in [-0.1, -0.05) is 25.8 Å². The summed E-state index contributed by atoms with van der Waals surface area (Å²) in [5.41, 5.74) is 3.27. The largest absolute Gasteiger partial charge is 0.469 e. The molecular formula is C21H30N2O3. The second-order valence-electron chi connectivity index (χ2n) is 8.14. The first kappa shape index (κ1) is 18.9. The highest BCUT2D eigenvalue weighted by Gasteiger charge is 2.34. The van der Waals surface area contributed by atoms with E-state index in [1.54, 1.807) is 0 Å². The summed E-state index contributed by atoms with van der Waals surface area (Å²) >= 11 is 0. The van der Waals surface area contributed by atoms with Crippen LogP contribution < -0.4 is 4.90 Å². The minimum absolute atomic E-state index is 0.157.